The fourth-order valence-electron chi connectivity index (χ4n) is 5.74. The number of fused-ring (bicyclic) bond motifs is 3. The monoisotopic (exact) mass is 671 g/mol. The molecule has 2 aromatic carbocycles. The van der Waals surface area contributed by atoms with Crippen LogP contribution in [0.4, 0.5) is 4.79 Å². The molecule has 0 radical (unpaired) electrons. The lowest BCUT2D eigenvalue weighted by Crippen LogP contribution is -2.64. The first-order valence-electron chi connectivity index (χ1n) is 15.1. The zero-order chi connectivity index (χ0) is 35.1. The molecule has 2 N–H and O–H groups in total. The predicted molar refractivity (Wildman–Crippen MR) is 162 cm³/mol. The van der Waals surface area contributed by atoms with Crippen molar-refractivity contribution < 1.29 is 67.0 Å². The lowest BCUT2D eigenvalue weighted by molar-refractivity contribution is -0.316. The Balaban J connectivity index is 1.52. The van der Waals surface area contributed by atoms with Gasteiger partial charge in [-0.3, -0.25) is 19.2 Å². The molecule has 2 aliphatic rings. The van der Waals surface area contributed by atoms with Gasteiger partial charge in [0.1, 0.15) is 19.3 Å². The molecule has 0 aromatic heterocycles. The van der Waals surface area contributed by atoms with Crippen LogP contribution in [0.25, 0.3) is 11.1 Å². The van der Waals surface area contributed by atoms with Gasteiger partial charge < -0.3 is 43.6 Å². The molecule has 2 aromatic rings. The van der Waals surface area contributed by atoms with E-state index >= 15 is 0 Å². The second-order valence-corrected chi connectivity index (χ2v) is 11.2. The van der Waals surface area contributed by atoms with Crippen molar-refractivity contribution in [3.05, 3.63) is 59.7 Å². The van der Waals surface area contributed by atoms with E-state index in [9.17, 15) is 33.9 Å². The highest BCUT2D eigenvalue weighted by molar-refractivity contribution is 5.81. The van der Waals surface area contributed by atoms with E-state index in [0.717, 1.165) is 49.9 Å². The Morgan fingerprint density at radius 2 is 1.25 bits per heavy atom. The number of carboxylic acid groups (broad SMARTS) is 1. The van der Waals surface area contributed by atoms with Gasteiger partial charge in [0.15, 0.2) is 30.6 Å². The molecule has 7 atom stereocenters. The minimum atomic E-state index is -1.72. The third-order valence-electron chi connectivity index (χ3n) is 7.65. The molecule has 48 heavy (non-hydrogen) atoms. The van der Waals surface area contributed by atoms with Crippen molar-refractivity contribution in [2.45, 2.75) is 83.4 Å². The van der Waals surface area contributed by atoms with Crippen molar-refractivity contribution in [1.29, 1.82) is 0 Å². The summed E-state index contributed by atoms with van der Waals surface area (Å²) in [6.07, 6.45) is -9.95. The van der Waals surface area contributed by atoms with Crippen molar-refractivity contribution in [1.82, 2.24) is 5.32 Å². The fourth-order valence-corrected chi connectivity index (χ4v) is 5.74. The van der Waals surface area contributed by atoms with Gasteiger partial charge in [0.25, 0.3) is 0 Å². The number of rotatable bonds is 12. The zero-order valence-corrected chi connectivity index (χ0v) is 26.9. The number of carbonyl (C=O) groups excluding carboxylic acids is 5. The summed E-state index contributed by atoms with van der Waals surface area (Å²) < 4.78 is 38.3. The highest BCUT2D eigenvalue weighted by atomic mass is 16.7. The van der Waals surface area contributed by atoms with Crippen LogP contribution in [-0.4, -0.2) is 97.1 Å². The van der Waals surface area contributed by atoms with Gasteiger partial charge in [-0.1, -0.05) is 48.5 Å². The van der Waals surface area contributed by atoms with Crippen molar-refractivity contribution >= 4 is 35.9 Å². The SMILES string of the molecule is CC(=O)OC[C@H]1O[C@H](O[C@H](C)[C@H](NC(=O)OCC2c3ccccc3-c3ccccc32)C(=O)O)[C@@H](OC(C)=O)[C@@H](OC(C)=O)[C@@H]1OC(C)=O. The van der Waals surface area contributed by atoms with Crippen LogP contribution in [0.1, 0.15) is 51.7 Å². The van der Waals surface area contributed by atoms with E-state index in [0.29, 0.717) is 0 Å². The molecule has 1 fully saturated rings. The number of esters is 4. The van der Waals surface area contributed by atoms with Crippen molar-refractivity contribution in [3.8, 4) is 11.1 Å². The largest absolute Gasteiger partial charge is 0.480 e. The maximum Gasteiger partial charge on any atom is 0.407 e. The van der Waals surface area contributed by atoms with Crippen LogP contribution < -0.4 is 5.32 Å². The van der Waals surface area contributed by atoms with E-state index in [1.807, 2.05) is 48.5 Å². The van der Waals surface area contributed by atoms with E-state index in [2.05, 4.69) is 5.32 Å². The summed E-state index contributed by atoms with van der Waals surface area (Å²) in [5.41, 5.74) is 3.94. The Morgan fingerprint density at radius 1 is 0.729 bits per heavy atom. The maximum absolute atomic E-state index is 13.0. The minimum absolute atomic E-state index is 0.0822. The molecule has 0 spiro atoms. The second-order valence-electron chi connectivity index (χ2n) is 11.2. The van der Waals surface area contributed by atoms with Crippen LogP contribution in [0.3, 0.4) is 0 Å². The first kappa shape index (κ1) is 35.8. The van der Waals surface area contributed by atoms with Crippen LogP contribution >= 0.6 is 0 Å². The molecule has 0 unspecified atom stereocenters. The molecule has 258 valence electrons. The summed E-state index contributed by atoms with van der Waals surface area (Å²) >= 11 is 0. The lowest BCUT2D eigenvalue weighted by atomic mass is 9.98. The highest BCUT2D eigenvalue weighted by Gasteiger charge is 2.53. The molecule has 15 heteroatoms. The summed E-state index contributed by atoms with van der Waals surface area (Å²) in [5, 5.41) is 12.3. The second kappa shape index (κ2) is 15.7. The number of hydrogen-bond acceptors (Lipinski definition) is 13. The van der Waals surface area contributed by atoms with Gasteiger partial charge in [-0.05, 0) is 29.2 Å². The van der Waals surface area contributed by atoms with E-state index < -0.39 is 85.4 Å². The number of aliphatic carboxylic acids is 1. The van der Waals surface area contributed by atoms with Crippen LogP contribution in [0.15, 0.2) is 48.5 Å². The van der Waals surface area contributed by atoms with Crippen molar-refractivity contribution in [3.63, 3.8) is 0 Å². The van der Waals surface area contributed by atoms with E-state index in [4.69, 9.17) is 33.2 Å². The topological polar surface area (TPSA) is 199 Å². The first-order chi connectivity index (χ1) is 22.8. The van der Waals surface area contributed by atoms with Gasteiger partial charge in [0, 0.05) is 33.6 Å². The third kappa shape index (κ3) is 8.66. The van der Waals surface area contributed by atoms with Gasteiger partial charge in [0.2, 0.25) is 0 Å². The number of hydrogen-bond donors (Lipinski definition) is 2. The van der Waals surface area contributed by atoms with Crippen LogP contribution in [-0.2, 0) is 57.1 Å². The molecule has 4 rings (SSSR count). The fraction of sp³-hybridized carbons (Fsp3) is 0.455. The number of carboxylic acids is 1. The van der Waals surface area contributed by atoms with Crippen LogP contribution in [0, 0.1) is 0 Å². The zero-order valence-electron chi connectivity index (χ0n) is 26.9. The summed E-state index contributed by atoms with van der Waals surface area (Å²) in [6.45, 7) is 5.02. The molecule has 1 aliphatic heterocycles. The number of alkyl carbamates (subject to hydrolysis) is 1. The molecule has 1 saturated heterocycles. The number of ether oxygens (including phenoxy) is 7. The number of benzene rings is 2. The minimum Gasteiger partial charge on any atom is -0.480 e. The van der Waals surface area contributed by atoms with E-state index in [-0.39, 0.29) is 12.5 Å². The average molecular weight is 672 g/mol. The predicted octanol–water partition coefficient (Wildman–Crippen LogP) is 2.47. The van der Waals surface area contributed by atoms with Gasteiger partial charge in [-0.25, -0.2) is 9.59 Å². The first-order valence-corrected chi connectivity index (χ1v) is 15.1. The summed E-state index contributed by atoms with van der Waals surface area (Å²) in [6, 6.07) is 13.7. The van der Waals surface area contributed by atoms with Gasteiger partial charge >= 0.3 is 35.9 Å². The summed E-state index contributed by atoms with van der Waals surface area (Å²) in [5.74, 6) is -5.03. The van der Waals surface area contributed by atoms with Crippen molar-refractivity contribution in [2.75, 3.05) is 13.2 Å². The van der Waals surface area contributed by atoms with Gasteiger partial charge in [-0.2, -0.15) is 0 Å². The third-order valence-corrected chi connectivity index (χ3v) is 7.65. The summed E-state index contributed by atoms with van der Waals surface area (Å²) in [4.78, 5) is 73.0. The number of amides is 1. The van der Waals surface area contributed by atoms with Crippen LogP contribution in [0.2, 0.25) is 0 Å². The molecule has 0 saturated carbocycles. The Bertz CT molecular complexity index is 1500. The lowest BCUT2D eigenvalue weighted by Gasteiger charge is -2.44. The van der Waals surface area contributed by atoms with Crippen LogP contribution in [0.5, 0.6) is 0 Å². The van der Waals surface area contributed by atoms with E-state index in [1.54, 1.807) is 0 Å². The molecule has 15 nitrogen and oxygen atoms in total. The molecule has 0 bridgehead atoms. The average Bonchev–Trinajstić information content (AvgIpc) is 3.33. The standard InChI is InChI=1S/C33H37NO14/c1-16(27(31(39)40)34-33(41)43-14-25-23-12-8-6-10-21(23)22-11-7-9-13-24(22)25)44-32-30(47-20(5)38)29(46-19(4)37)28(45-18(3)36)26(48-32)15-42-17(2)35/h6-13,16,25-30,32H,14-15H2,1-5H3,(H,34,41)(H,39,40)/t16-,26-,27+,28-,29+,30+,32+/m1/s1. The normalized spacial score (nSPS) is 22.6. The van der Waals surface area contributed by atoms with Gasteiger partial charge in [-0.15, -0.1) is 0 Å². The molecule has 1 heterocycles. The Kier molecular flexibility index (Phi) is 11.7. The Hall–Kier alpha value is -5.02. The quantitative estimate of drug-likeness (QED) is 0.246. The maximum atomic E-state index is 13.0. The molecule has 1 aliphatic carbocycles. The number of carbonyl (C=O) groups is 6. The van der Waals surface area contributed by atoms with Gasteiger partial charge in [0.05, 0.1) is 6.10 Å². The Labute approximate surface area is 275 Å². The molecular formula is C33H37NO14. The molecular weight excluding hydrogens is 634 g/mol. The van der Waals surface area contributed by atoms with Crippen molar-refractivity contribution in [2.24, 2.45) is 0 Å². The summed E-state index contributed by atoms with van der Waals surface area (Å²) in [7, 11) is 0. The Morgan fingerprint density at radius 3 is 1.77 bits per heavy atom. The highest BCUT2D eigenvalue weighted by Crippen LogP contribution is 2.44. The molecule has 1 amide bonds. The smallest absolute Gasteiger partial charge is 0.407 e. The number of nitrogens with one attached hydrogen (secondary N) is 1. The van der Waals surface area contributed by atoms with E-state index in [1.165, 1.54) is 6.92 Å².